The summed E-state index contributed by atoms with van der Waals surface area (Å²) in [5.74, 6) is 0.650. The number of benzene rings is 1. The van der Waals surface area contributed by atoms with Gasteiger partial charge < -0.3 is 14.8 Å². The molecule has 1 amide bonds. The Morgan fingerprint density at radius 2 is 1.92 bits per heavy atom. The number of aromatic nitrogens is 2. The molecule has 9 nitrogen and oxygen atoms in total. The maximum absolute atomic E-state index is 12.4. The molecule has 0 saturated heterocycles. The van der Waals surface area contributed by atoms with Gasteiger partial charge in [-0.3, -0.25) is 19.6 Å². The lowest BCUT2D eigenvalue weighted by molar-refractivity contribution is -0.385. The molecule has 1 aromatic carbocycles. The van der Waals surface area contributed by atoms with Crippen molar-refractivity contribution in [2.75, 3.05) is 13.2 Å². The molecule has 2 aromatic rings. The van der Waals surface area contributed by atoms with Gasteiger partial charge in [0.2, 0.25) is 5.69 Å². The molecule has 0 unspecified atom stereocenters. The number of rotatable bonds is 8. The van der Waals surface area contributed by atoms with Crippen LogP contribution in [0.1, 0.15) is 35.6 Å². The first-order valence-corrected chi connectivity index (χ1v) is 8.23. The summed E-state index contributed by atoms with van der Waals surface area (Å²) < 4.78 is 12.3. The van der Waals surface area contributed by atoms with Crippen molar-refractivity contribution in [3.05, 3.63) is 45.3 Å². The Hall–Kier alpha value is -3.10. The number of ether oxygens (including phenoxy) is 2. The number of hydrogen-bond acceptors (Lipinski definition) is 6. The molecule has 1 heterocycles. The Labute approximate surface area is 151 Å². The average Bonchev–Trinajstić information content (AvgIpc) is 2.89. The molecule has 1 aromatic heterocycles. The number of amides is 1. The highest BCUT2D eigenvalue weighted by atomic mass is 16.6. The van der Waals surface area contributed by atoms with Crippen molar-refractivity contribution in [2.45, 2.75) is 27.3 Å². The topological polar surface area (TPSA) is 109 Å². The molecule has 26 heavy (non-hydrogen) atoms. The van der Waals surface area contributed by atoms with E-state index in [0.29, 0.717) is 24.7 Å². The van der Waals surface area contributed by atoms with Crippen molar-refractivity contribution in [2.24, 2.45) is 7.05 Å². The molecular formula is C17H22N4O5. The van der Waals surface area contributed by atoms with Gasteiger partial charge in [-0.2, -0.15) is 5.10 Å². The van der Waals surface area contributed by atoms with Crippen LogP contribution in [0.3, 0.4) is 0 Å². The maximum Gasteiger partial charge on any atom is 0.322 e. The fourth-order valence-corrected chi connectivity index (χ4v) is 2.59. The minimum Gasteiger partial charge on any atom is -0.490 e. The van der Waals surface area contributed by atoms with Gasteiger partial charge in [-0.1, -0.05) is 6.07 Å². The van der Waals surface area contributed by atoms with E-state index < -0.39 is 10.8 Å². The van der Waals surface area contributed by atoms with Gasteiger partial charge in [-0.15, -0.1) is 0 Å². The van der Waals surface area contributed by atoms with Gasteiger partial charge in [-0.25, -0.2) is 0 Å². The van der Waals surface area contributed by atoms with Crippen LogP contribution < -0.4 is 14.8 Å². The Morgan fingerprint density at radius 3 is 2.54 bits per heavy atom. The lowest BCUT2D eigenvalue weighted by atomic mass is 10.2. The van der Waals surface area contributed by atoms with Crippen molar-refractivity contribution >= 4 is 11.6 Å². The lowest BCUT2D eigenvalue weighted by Crippen LogP contribution is -2.26. The van der Waals surface area contributed by atoms with Gasteiger partial charge in [-0.05, 0) is 38.5 Å². The van der Waals surface area contributed by atoms with E-state index in [0.717, 1.165) is 5.56 Å². The molecule has 0 saturated carbocycles. The SMILES string of the molecule is CCOc1ccc(CNC(=O)c2c([N+](=O)[O-])c(C)nn2C)cc1OCC. The first kappa shape index (κ1) is 19.2. The summed E-state index contributed by atoms with van der Waals surface area (Å²) in [7, 11) is 1.50. The number of aryl methyl sites for hydroxylation is 2. The quantitative estimate of drug-likeness (QED) is 0.570. The highest BCUT2D eigenvalue weighted by Gasteiger charge is 2.29. The van der Waals surface area contributed by atoms with Crippen molar-refractivity contribution in [1.82, 2.24) is 15.1 Å². The van der Waals surface area contributed by atoms with Gasteiger partial charge >= 0.3 is 5.69 Å². The zero-order valence-corrected chi connectivity index (χ0v) is 15.2. The summed E-state index contributed by atoms with van der Waals surface area (Å²) in [6, 6.07) is 5.35. The maximum atomic E-state index is 12.4. The molecule has 0 spiro atoms. The van der Waals surface area contributed by atoms with Crippen LogP contribution in [-0.4, -0.2) is 33.8 Å². The van der Waals surface area contributed by atoms with Crippen LogP contribution in [0.15, 0.2) is 18.2 Å². The largest absolute Gasteiger partial charge is 0.490 e. The van der Waals surface area contributed by atoms with Gasteiger partial charge in [0.15, 0.2) is 11.5 Å². The number of nitro groups is 1. The summed E-state index contributed by atoms with van der Waals surface area (Å²) >= 11 is 0. The van der Waals surface area contributed by atoms with Crippen LogP contribution in [0, 0.1) is 17.0 Å². The molecule has 1 N–H and O–H groups in total. The predicted octanol–water partition coefficient (Wildman–Crippen LogP) is 2.36. The number of hydrogen-bond donors (Lipinski definition) is 1. The minimum atomic E-state index is -0.596. The van der Waals surface area contributed by atoms with Crippen molar-refractivity contribution < 1.29 is 19.2 Å². The molecule has 140 valence electrons. The molecule has 0 atom stereocenters. The van der Waals surface area contributed by atoms with Gasteiger partial charge in [0, 0.05) is 13.6 Å². The van der Waals surface area contributed by atoms with E-state index >= 15 is 0 Å². The van der Waals surface area contributed by atoms with Crippen LogP contribution in [0.5, 0.6) is 11.5 Å². The molecule has 0 fully saturated rings. The lowest BCUT2D eigenvalue weighted by Gasteiger charge is -2.13. The highest BCUT2D eigenvalue weighted by molar-refractivity contribution is 5.96. The minimum absolute atomic E-state index is 0.0801. The number of carbonyl (C=O) groups excluding carboxylic acids is 1. The van der Waals surface area contributed by atoms with Crippen LogP contribution in [-0.2, 0) is 13.6 Å². The fourth-order valence-electron chi connectivity index (χ4n) is 2.59. The van der Waals surface area contributed by atoms with Crippen LogP contribution in [0.4, 0.5) is 5.69 Å². The Bertz CT molecular complexity index is 816. The van der Waals surface area contributed by atoms with Gasteiger partial charge in [0.25, 0.3) is 5.91 Å². The van der Waals surface area contributed by atoms with Crippen molar-refractivity contribution in [3.8, 4) is 11.5 Å². The van der Waals surface area contributed by atoms with Crippen molar-refractivity contribution in [3.63, 3.8) is 0 Å². The van der Waals surface area contributed by atoms with E-state index in [4.69, 9.17) is 9.47 Å². The van der Waals surface area contributed by atoms with Gasteiger partial charge in [0.05, 0.1) is 18.1 Å². The standard InChI is InChI=1S/C17H22N4O5/c1-5-25-13-8-7-12(9-14(13)26-6-2)10-18-17(22)16-15(21(23)24)11(3)19-20(16)4/h7-9H,5-6,10H2,1-4H3,(H,18,22). The third-order valence-corrected chi connectivity index (χ3v) is 3.65. The second kappa shape index (κ2) is 8.32. The number of nitrogens with zero attached hydrogens (tertiary/aromatic N) is 3. The molecule has 0 aliphatic rings. The van der Waals surface area contributed by atoms with E-state index in [9.17, 15) is 14.9 Å². The fraction of sp³-hybridized carbons (Fsp3) is 0.412. The van der Waals surface area contributed by atoms with E-state index in [1.54, 1.807) is 18.2 Å². The van der Waals surface area contributed by atoms with Crippen LogP contribution >= 0.6 is 0 Å². The smallest absolute Gasteiger partial charge is 0.322 e. The second-order valence-electron chi connectivity index (χ2n) is 5.49. The normalized spacial score (nSPS) is 10.5. The first-order chi connectivity index (χ1) is 12.4. The molecular weight excluding hydrogens is 340 g/mol. The third-order valence-electron chi connectivity index (χ3n) is 3.65. The molecule has 0 radical (unpaired) electrons. The number of carbonyl (C=O) groups is 1. The van der Waals surface area contributed by atoms with E-state index in [-0.39, 0.29) is 23.6 Å². The molecule has 0 aliphatic heterocycles. The van der Waals surface area contributed by atoms with E-state index in [1.807, 2.05) is 13.8 Å². The van der Waals surface area contributed by atoms with Crippen LogP contribution in [0.25, 0.3) is 0 Å². The summed E-state index contributed by atoms with van der Waals surface area (Å²) in [6.07, 6.45) is 0. The van der Waals surface area contributed by atoms with Gasteiger partial charge in [0.1, 0.15) is 5.69 Å². The first-order valence-electron chi connectivity index (χ1n) is 8.23. The summed E-state index contributed by atoms with van der Waals surface area (Å²) in [5.41, 5.74) is 0.615. The second-order valence-corrected chi connectivity index (χ2v) is 5.49. The molecule has 2 rings (SSSR count). The summed E-state index contributed by atoms with van der Waals surface area (Å²) in [4.78, 5) is 23.0. The summed E-state index contributed by atoms with van der Waals surface area (Å²) in [6.45, 7) is 6.43. The summed E-state index contributed by atoms with van der Waals surface area (Å²) in [5, 5.41) is 17.8. The zero-order valence-electron chi connectivity index (χ0n) is 15.2. The number of nitrogens with one attached hydrogen (secondary N) is 1. The predicted molar refractivity (Wildman–Crippen MR) is 94.5 cm³/mol. The van der Waals surface area contributed by atoms with E-state index in [1.165, 1.54) is 18.7 Å². The monoisotopic (exact) mass is 362 g/mol. The Morgan fingerprint density at radius 1 is 1.27 bits per heavy atom. The Balaban J connectivity index is 2.17. The van der Waals surface area contributed by atoms with E-state index in [2.05, 4.69) is 10.4 Å². The zero-order chi connectivity index (χ0) is 19.3. The van der Waals surface area contributed by atoms with Crippen molar-refractivity contribution in [1.29, 1.82) is 0 Å². The molecule has 0 bridgehead atoms. The Kier molecular flexibility index (Phi) is 6.16. The third kappa shape index (κ3) is 4.11. The molecule has 9 heteroatoms. The average molecular weight is 362 g/mol. The highest BCUT2D eigenvalue weighted by Crippen LogP contribution is 2.28. The molecule has 0 aliphatic carbocycles. The van der Waals surface area contributed by atoms with Crippen LogP contribution in [0.2, 0.25) is 0 Å².